The zero-order valence-corrected chi connectivity index (χ0v) is 11.8. The first-order valence-electron chi connectivity index (χ1n) is 6.04. The van der Waals surface area contributed by atoms with Crippen LogP contribution in [0.1, 0.15) is 12.7 Å². The van der Waals surface area contributed by atoms with E-state index in [0.29, 0.717) is 12.4 Å². The van der Waals surface area contributed by atoms with Crippen LogP contribution in [0.2, 0.25) is 0 Å². The molecule has 0 atom stereocenters. The molecule has 0 saturated carbocycles. The predicted molar refractivity (Wildman–Crippen MR) is 74.9 cm³/mol. The van der Waals surface area contributed by atoms with Crippen molar-refractivity contribution in [2.24, 2.45) is 0 Å². The molecule has 0 radical (unpaired) electrons. The van der Waals surface area contributed by atoms with Gasteiger partial charge >= 0.3 is 0 Å². The van der Waals surface area contributed by atoms with Crippen LogP contribution >= 0.6 is 0 Å². The smallest absolute Gasteiger partial charge is 0.187 e. The quantitative estimate of drug-likeness (QED) is 0.838. The number of anilines is 1. The number of nitrogens with two attached hydrogens (primary N) is 1. The molecule has 7 heteroatoms. The molecule has 2 rings (SSSR count). The van der Waals surface area contributed by atoms with Crippen molar-refractivity contribution < 1.29 is 13.2 Å². The number of ether oxygens (including phenoxy) is 1. The summed E-state index contributed by atoms with van der Waals surface area (Å²) >= 11 is 0. The highest BCUT2D eigenvalue weighted by atomic mass is 32.2. The van der Waals surface area contributed by atoms with Crippen molar-refractivity contribution in [3.63, 3.8) is 0 Å². The maximum atomic E-state index is 12.4. The second-order valence-electron chi connectivity index (χ2n) is 4.06. The van der Waals surface area contributed by atoms with Crippen molar-refractivity contribution in [3.8, 4) is 5.75 Å². The molecule has 0 saturated heterocycles. The lowest BCUT2D eigenvalue weighted by Crippen LogP contribution is -2.10. The highest BCUT2D eigenvalue weighted by Crippen LogP contribution is 2.26. The van der Waals surface area contributed by atoms with Gasteiger partial charge in [-0.1, -0.05) is 0 Å². The van der Waals surface area contributed by atoms with Crippen LogP contribution in [0.5, 0.6) is 5.75 Å². The molecular formula is C13H15N3O3S. The fourth-order valence-electron chi connectivity index (χ4n) is 1.69. The molecule has 106 valence electrons. The Bertz CT molecular complexity index is 687. The zero-order valence-electron chi connectivity index (χ0n) is 11.0. The van der Waals surface area contributed by atoms with Gasteiger partial charge in [-0.15, -0.1) is 0 Å². The normalized spacial score (nSPS) is 11.2. The van der Waals surface area contributed by atoms with E-state index in [1.807, 2.05) is 6.92 Å². The molecule has 0 bridgehead atoms. The van der Waals surface area contributed by atoms with Crippen molar-refractivity contribution in [1.82, 2.24) is 9.97 Å². The summed E-state index contributed by atoms with van der Waals surface area (Å²) in [6, 6.07) is 6.21. The number of aromatic nitrogens is 2. The predicted octanol–water partition coefficient (Wildman–Crippen LogP) is 1.43. The highest BCUT2D eigenvalue weighted by Gasteiger charge is 2.20. The third-order valence-electron chi connectivity index (χ3n) is 2.57. The minimum absolute atomic E-state index is 0.0379. The molecule has 0 spiro atoms. The number of sulfone groups is 1. The van der Waals surface area contributed by atoms with Gasteiger partial charge in [-0.2, -0.15) is 0 Å². The van der Waals surface area contributed by atoms with Gasteiger partial charge in [-0.05, 0) is 25.1 Å². The maximum absolute atomic E-state index is 12.4. The zero-order chi connectivity index (χ0) is 14.6. The third-order valence-corrected chi connectivity index (χ3v) is 4.23. The van der Waals surface area contributed by atoms with Crippen molar-refractivity contribution in [3.05, 3.63) is 42.5 Å². The average molecular weight is 293 g/mol. The summed E-state index contributed by atoms with van der Waals surface area (Å²) in [7, 11) is -3.61. The van der Waals surface area contributed by atoms with E-state index < -0.39 is 9.84 Å². The number of hydrogen-bond acceptors (Lipinski definition) is 6. The third kappa shape index (κ3) is 3.24. The first-order valence-corrected chi connectivity index (χ1v) is 7.69. The Labute approximate surface area is 117 Å². The number of nitrogen functional groups attached to an aromatic ring is 1. The maximum Gasteiger partial charge on any atom is 0.187 e. The van der Waals surface area contributed by atoms with Crippen molar-refractivity contribution in [1.29, 1.82) is 0 Å². The first kappa shape index (κ1) is 14.3. The highest BCUT2D eigenvalue weighted by molar-refractivity contribution is 7.90. The molecule has 2 aromatic rings. The van der Waals surface area contributed by atoms with Crippen LogP contribution < -0.4 is 10.5 Å². The molecule has 0 aliphatic rings. The molecule has 0 amide bonds. The van der Waals surface area contributed by atoms with Gasteiger partial charge in [-0.25, -0.2) is 18.4 Å². The molecule has 1 aromatic carbocycles. The second kappa shape index (κ2) is 5.87. The van der Waals surface area contributed by atoms with Gasteiger partial charge in [0.25, 0.3) is 0 Å². The molecule has 1 aromatic heterocycles. The Balaban J connectivity index is 2.36. The van der Waals surface area contributed by atoms with E-state index in [4.69, 9.17) is 10.5 Å². The summed E-state index contributed by atoms with van der Waals surface area (Å²) in [6.07, 6.45) is 3.00. The fraction of sp³-hybridized carbons (Fsp3) is 0.231. The second-order valence-corrected chi connectivity index (χ2v) is 6.01. The topological polar surface area (TPSA) is 95.2 Å². The molecule has 0 fully saturated rings. The van der Waals surface area contributed by atoms with Crippen molar-refractivity contribution >= 4 is 15.5 Å². The van der Waals surface area contributed by atoms with Crippen LogP contribution in [-0.2, 0) is 15.6 Å². The summed E-state index contributed by atoms with van der Waals surface area (Å²) in [6.45, 7) is 2.27. The number of benzene rings is 1. The van der Waals surface area contributed by atoms with Gasteiger partial charge in [0.1, 0.15) is 17.3 Å². The standard InChI is InChI=1S/C13H15N3O3S/c1-2-19-10-4-5-11(14)12(8-10)20(17,18)9-13-15-6-3-7-16-13/h3-8H,2,9,14H2,1H3. The Hall–Kier alpha value is -2.15. The van der Waals surface area contributed by atoms with E-state index in [0.717, 1.165) is 0 Å². The summed E-state index contributed by atoms with van der Waals surface area (Å²) in [5, 5.41) is 0. The summed E-state index contributed by atoms with van der Waals surface area (Å²) in [5.74, 6) is 0.399. The lowest BCUT2D eigenvalue weighted by atomic mass is 10.3. The van der Waals surface area contributed by atoms with Gasteiger partial charge in [0.2, 0.25) is 0 Å². The van der Waals surface area contributed by atoms with Gasteiger partial charge in [0, 0.05) is 18.5 Å². The van der Waals surface area contributed by atoms with Crippen LogP contribution in [-0.4, -0.2) is 25.0 Å². The Morgan fingerprint density at radius 3 is 2.60 bits per heavy atom. The van der Waals surface area contributed by atoms with Gasteiger partial charge in [0.05, 0.1) is 17.2 Å². The van der Waals surface area contributed by atoms with E-state index in [9.17, 15) is 8.42 Å². The van der Waals surface area contributed by atoms with E-state index >= 15 is 0 Å². The molecule has 6 nitrogen and oxygen atoms in total. The lowest BCUT2D eigenvalue weighted by Gasteiger charge is -2.09. The van der Waals surface area contributed by atoms with Crippen molar-refractivity contribution in [2.45, 2.75) is 17.6 Å². The minimum Gasteiger partial charge on any atom is -0.494 e. The Morgan fingerprint density at radius 2 is 1.95 bits per heavy atom. The van der Waals surface area contributed by atoms with Crippen LogP contribution in [0.15, 0.2) is 41.6 Å². The molecule has 0 unspecified atom stereocenters. The molecule has 20 heavy (non-hydrogen) atoms. The lowest BCUT2D eigenvalue weighted by molar-refractivity contribution is 0.339. The minimum atomic E-state index is -3.61. The van der Waals surface area contributed by atoms with Gasteiger partial charge in [0.15, 0.2) is 9.84 Å². The molecule has 2 N–H and O–H groups in total. The van der Waals surface area contributed by atoms with Crippen molar-refractivity contribution in [2.75, 3.05) is 12.3 Å². The first-order chi connectivity index (χ1) is 9.53. The van der Waals surface area contributed by atoms with Gasteiger partial charge < -0.3 is 10.5 Å². The summed E-state index contributed by atoms with van der Waals surface area (Å²) in [5.41, 5.74) is 5.93. The molecule has 1 heterocycles. The largest absolute Gasteiger partial charge is 0.494 e. The van der Waals surface area contributed by atoms with Crippen LogP contribution in [0.4, 0.5) is 5.69 Å². The monoisotopic (exact) mass is 293 g/mol. The summed E-state index contributed by atoms with van der Waals surface area (Å²) < 4.78 is 30.0. The average Bonchev–Trinajstić information content (AvgIpc) is 2.42. The van der Waals surface area contributed by atoms with Crippen LogP contribution in [0, 0.1) is 0 Å². The Morgan fingerprint density at radius 1 is 1.25 bits per heavy atom. The summed E-state index contributed by atoms with van der Waals surface area (Å²) in [4.78, 5) is 7.87. The molecular weight excluding hydrogens is 278 g/mol. The number of nitrogens with zero attached hydrogens (tertiary/aromatic N) is 2. The van der Waals surface area contributed by atoms with Crippen LogP contribution in [0.25, 0.3) is 0 Å². The fourth-order valence-corrected chi connectivity index (χ4v) is 3.06. The van der Waals surface area contributed by atoms with E-state index in [-0.39, 0.29) is 22.2 Å². The van der Waals surface area contributed by atoms with Gasteiger partial charge in [-0.3, -0.25) is 0 Å². The van der Waals surface area contributed by atoms with Crippen LogP contribution in [0.3, 0.4) is 0 Å². The molecule has 0 aliphatic heterocycles. The Kier molecular flexibility index (Phi) is 4.19. The van der Waals surface area contributed by atoms with E-state index in [1.54, 1.807) is 12.1 Å². The molecule has 0 aliphatic carbocycles. The van der Waals surface area contributed by atoms with E-state index in [1.165, 1.54) is 24.5 Å². The van der Waals surface area contributed by atoms with E-state index in [2.05, 4.69) is 9.97 Å². The SMILES string of the molecule is CCOc1ccc(N)c(S(=O)(=O)Cc2ncccn2)c1. The number of rotatable bonds is 5. The number of hydrogen-bond donors (Lipinski definition) is 1.